The van der Waals surface area contributed by atoms with Crippen LogP contribution in [0.15, 0.2) is 132 Å². The van der Waals surface area contributed by atoms with Crippen molar-refractivity contribution in [2.75, 3.05) is 12.4 Å². The molecule has 1 aliphatic rings. The Balaban J connectivity index is 1.17. The van der Waals surface area contributed by atoms with Gasteiger partial charge in [0.25, 0.3) is 5.91 Å². The van der Waals surface area contributed by atoms with Crippen LogP contribution >= 0.6 is 11.6 Å². The van der Waals surface area contributed by atoms with Crippen LogP contribution in [0.1, 0.15) is 33.9 Å². The number of amides is 1. The van der Waals surface area contributed by atoms with Crippen LogP contribution in [0, 0.1) is 0 Å². The number of hydrogen-bond donors (Lipinski definition) is 1. The van der Waals surface area contributed by atoms with Crippen molar-refractivity contribution in [1.29, 1.82) is 0 Å². The second kappa shape index (κ2) is 12.2. The van der Waals surface area contributed by atoms with Crippen LogP contribution in [-0.4, -0.2) is 33.7 Å². The fourth-order valence-corrected chi connectivity index (χ4v) is 5.69. The largest absolute Gasteiger partial charge is 0.497 e. The average Bonchev–Trinajstić information content (AvgIpc) is 3.55. The number of fused-ring (bicyclic) bond motifs is 1. The first-order valence-corrected chi connectivity index (χ1v) is 14.9. The third-order valence-electron chi connectivity index (χ3n) is 7.82. The Hall–Kier alpha value is -5.53. The van der Waals surface area contributed by atoms with Gasteiger partial charge in [0.05, 0.1) is 30.1 Å². The van der Waals surface area contributed by atoms with Crippen LogP contribution in [0.5, 0.6) is 5.75 Å². The van der Waals surface area contributed by atoms with Crippen LogP contribution in [0.2, 0.25) is 5.02 Å². The molecule has 0 fully saturated rings. The molecule has 8 heteroatoms. The number of hydrazone groups is 1. The number of anilines is 2. The molecule has 0 spiro atoms. The van der Waals surface area contributed by atoms with E-state index in [1.54, 1.807) is 24.3 Å². The summed E-state index contributed by atoms with van der Waals surface area (Å²) in [7, 11) is 1.64. The predicted molar refractivity (Wildman–Crippen MR) is 179 cm³/mol. The van der Waals surface area contributed by atoms with E-state index in [2.05, 4.69) is 5.32 Å². The monoisotopic (exact) mass is 609 g/mol. The molecule has 5 aromatic carbocycles. The summed E-state index contributed by atoms with van der Waals surface area (Å²) in [5.41, 5.74) is 6.63. The van der Waals surface area contributed by atoms with E-state index in [1.165, 1.54) is 0 Å². The number of carbonyl (C=O) groups is 1. The van der Waals surface area contributed by atoms with Crippen molar-refractivity contribution in [3.8, 4) is 17.0 Å². The summed E-state index contributed by atoms with van der Waals surface area (Å²) in [4.78, 5) is 23.5. The topological polar surface area (TPSA) is 79.7 Å². The standard InChI is InChI=1S/C37H28ClN5O2/c1-45-30-19-14-24(15-20-30)33-23-34(25-8-4-2-5-9-25)43(42-33)36(44)27-12-17-29(18-13-27)39-37-40-32-21-16-28(38)22-31(32)35(41-37)26-10-6-3-7-11-26/h2-22,34H,23H2,1H3,(H,39,40,41). The van der Waals surface area contributed by atoms with Crippen molar-refractivity contribution in [1.82, 2.24) is 15.0 Å². The zero-order valence-corrected chi connectivity index (χ0v) is 25.1. The molecular formula is C37H28ClN5O2. The molecule has 0 saturated heterocycles. The molecule has 1 unspecified atom stereocenters. The van der Waals surface area contributed by atoms with Gasteiger partial charge in [0, 0.05) is 33.6 Å². The lowest BCUT2D eigenvalue weighted by molar-refractivity contribution is 0.0711. The van der Waals surface area contributed by atoms with E-state index in [0.29, 0.717) is 23.0 Å². The number of nitrogens with zero attached hydrogens (tertiary/aromatic N) is 4. The maximum Gasteiger partial charge on any atom is 0.274 e. The second-order valence-corrected chi connectivity index (χ2v) is 11.1. The summed E-state index contributed by atoms with van der Waals surface area (Å²) in [6.07, 6.45) is 0.607. The van der Waals surface area contributed by atoms with E-state index in [1.807, 2.05) is 115 Å². The second-order valence-electron chi connectivity index (χ2n) is 10.7. The van der Waals surface area contributed by atoms with Gasteiger partial charge in [-0.1, -0.05) is 72.3 Å². The number of methoxy groups -OCH3 is 1. The van der Waals surface area contributed by atoms with Gasteiger partial charge in [-0.2, -0.15) is 5.10 Å². The van der Waals surface area contributed by atoms with Gasteiger partial charge in [-0.15, -0.1) is 0 Å². The number of nitrogens with one attached hydrogen (secondary N) is 1. The molecule has 0 radical (unpaired) electrons. The molecule has 1 amide bonds. The van der Waals surface area contributed by atoms with E-state index in [-0.39, 0.29) is 11.9 Å². The molecule has 0 saturated carbocycles. The van der Waals surface area contributed by atoms with Gasteiger partial charge in [-0.3, -0.25) is 4.79 Å². The summed E-state index contributed by atoms with van der Waals surface area (Å²) in [6.45, 7) is 0. The molecule has 45 heavy (non-hydrogen) atoms. The highest BCUT2D eigenvalue weighted by molar-refractivity contribution is 6.31. The fourth-order valence-electron chi connectivity index (χ4n) is 5.52. The Morgan fingerprint density at radius 2 is 1.53 bits per heavy atom. The van der Waals surface area contributed by atoms with Gasteiger partial charge in [0.1, 0.15) is 5.75 Å². The van der Waals surface area contributed by atoms with Crippen LogP contribution in [0.25, 0.3) is 22.2 Å². The molecule has 0 aliphatic carbocycles. The molecule has 1 N–H and O–H groups in total. The number of rotatable bonds is 7. The summed E-state index contributed by atoms with van der Waals surface area (Å²) in [5, 5.41) is 11.2. The van der Waals surface area contributed by atoms with Gasteiger partial charge in [0.2, 0.25) is 5.95 Å². The van der Waals surface area contributed by atoms with Crippen molar-refractivity contribution in [2.45, 2.75) is 12.5 Å². The zero-order chi connectivity index (χ0) is 30.8. The summed E-state index contributed by atoms with van der Waals surface area (Å²) < 4.78 is 5.31. The lowest BCUT2D eigenvalue weighted by atomic mass is 9.98. The van der Waals surface area contributed by atoms with E-state index in [0.717, 1.165) is 50.4 Å². The molecule has 7 nitrogen and oxygen atoms in total. The van der Waals surface area contributed by atoms with E-state index < -0.39 is 0 Å². The minimum atomic E-state index is -0.218. The Morgan fingerprint density at radius 3 is 2.24 bits per heavy atom. The normalized spacial score (nSPS) is 14.3. The summed E-state index contributed by atoms with van der Waals surface area (Å²) >= 11 is 6.31. The number of carbonyl (C=O) groups excluding carboxylic acids is 1. The predicted octanol–water partition coefficient (Wildman–Crippen LogP) is 8.69. The van der Waals surface area contributed by atoms with Crippen LogP contribution in [0.3, 0.4) is 0 Å². The Kier molecular flexibility index (Phi) is 7.68. The number of aromatic nitrogens is 2. The first kappa shape index (κ1) is 28.3. The third kappa shape index (κ3) is 5.86. The Labute approximate surface area is 265 Å². The van der Waals surface area contributed by atoms with Crippen molar-refractivity contribution in [2.24, 2.45) is 5.10 Å². The van der Waals surface area contributed by atoms with Crippen molar-refractivity contribution in [3.63, 3.8) is 0 Å². The van der Waals surface area contributed by atoms with Crippen molar-refractivity contribution >= 4 is 45.8 Å². The van der Waals surface area contributed by atoms with Gasteiger partial charge < -0.3 is 10.1 Å². The minimum Gasteiger partial charge on any atom is -0.497 e. The Bertz CT molecular complexity index is 2020. The van der Waals surface area contributed by atoms with Crippen LogP contribution < -0.4 is 10.1 Å². The number of ether oxygens (including phenoxy) is 1. The number of hydrogen-bond acceptors (Lipinski definition) is 6. The number of halogens is 1. The lowest BCUT2D eigenvalue weighted by Gasteiger charge is -2.22. The smallest absolute Gasteiger partial charge is 0.274 e. The SMILES string of the molecule is COc1ccc(C2=NN(C(=O)c3ccc(Nc4nc(-c5ccccc5)c5cc(Cl)ccc5n4)cc3)C(c3ccccc3)C2)cc1. The minimum absolute atomic E-state index is 0.177. The Morgan fingerprint density at radius 1 is 0.822 bits per heavy atom. The molecule has 1 atom stereocenters. The maximum absolute atomic E-state index is 13.9. The molecular weight excluding hydrogens is 582 g/mol. The molecule has 1 aromatic heterocycles. The highest BCUT2D eigenvalue weighted by Crippen LogP contribution is 2.35. The highest BCUT2D eigenvalue weighted by atomic mass is 35.5. The molecule has 220 valence electrons. The van der Waals surface area contributed by atoms with Gasteiger partial charge in [0.15, 0.2) is 0 Å². The first-order valence-electron chi connectivity index (χ1n) is 14.6. The molecule has 2 heterocycles. The van der Waals surface area contributed by atoms with E-state index in [9.17, 15) is 4.79 Å². The quantitative estimate of drug-likeness (QED) is 0.196. The zero-order valence-electron chi connectivity index (χ0n) is 24.4. The van der Waals surface area contributed by atoms with Gasteiger partial charge in [-0.05, 0) is 77.9 Å². The maximum atomic E-state index is 13.9. The fraction of sp³-hybridized carbons (Fsp3) is 0.0811. The molecule has 1 aliphatic heterocycles. The first-order chi connectivity index (χ1) is 22.1. The molecule has 6 aromatic rings. The molecule has 7 rings (SSSR count). The van der Waals surface area contributed by atoms with Crippen LogP contribution in [0.4, 0.5) is 11.6 Å². The van der Waals surface area contributed by atoms with Gasteiger partial charge in [-0.25, -0.2) is 15.0 Å². The molecule has 0 bridgehead atoms. The number of benzene rings is 5. The van der Waals surface area contributed by atoms with Crippen LogP contribution in [-0.2, 0) is 0 Å². The van der Waals surface area contributed by atoms with E-state index >= 15 is 0 Å². The third-order valence-corrected chi connectivity index (χ3v) is 8.05. The highest BCUT2D eigenvalue weighted by Gasteiger charge is 2.33. The summed E-state index contributed by atoms with van der Waals surface area (Å²) in [5.74, 6) is 1.04. The van der Waals surface area contributed by atoms with Gasteiger partial charge >= 0.3 is 0 Å². The van der Waals surface area contributed by atoms with Crippen molar-refractivity contribution < 1.29 is 9.53 Å². The van der Waals surface area contributed by atoms with Crippen molar-refractivity contribution in [3.05, 3.63) is 149 Å². The average molecular weight is 610 g/mol. The van der Waals surface area contributed by atoms with E-state index in [4.69, 9.17) is 31.4 Å². The summed E-state index contributed by atoms with van der Waals surface area (Å²) in [6, 6.07) is 40.4. The lowest BCUT2D eigenvalue weighted by Crippen LogP contribution is -2.27.